The van der Waals surface area contributed by atoms with Crippen LogP contribution in [0.2, 0.25) is 0 Å². The first-order chi connectivity index (χ1) is 10.7. The van der Waals surface area contributed by atoms with Crippen molar-refractivity contribution in [3.63, 3.8) is 0 Å². The van der Waals surface area contributed by atoms with E-state index in [0.29, 0.717) is 25.4 Å². The Morgan fingerprint density at radius 1 is 1.18 bits per heavy atom. The summed E-state index contributed by atoms with van der Waals surface area (Å²) in [7, 11) is 0. The van der Waals surface area contributed by atoms with Crippen LogP contribution in [0.1, 0.15) is 20.3 Å². The fraction of sp³-hybridized carbons (Fsp3) is 0.556. The van der Waals surface area contributed by atoms with Gasteiger partial charge in [-0.1, -0.05) is 24.8 Å². The summed E-state index contributed by atoms with van der Waals surface area (Å²) in [5, 5.41) is 0. The minimum absolute atomic E-state index is 0.317. The third-order valence-electron chi connectivity index (χ3n) is 3.58. The summed E-state index contributed by atoms with van der Waals surface area (Å²) in [6.45, 7) is 12.1. The SMILES string of the molecule is C=CCOc1ccccc1OCCCN1CC(C)OC(C)C1. The fourth-order valence-electron chi connectivity index (χ4n) is 2.77. The second-order valence-corrected chi connectivity index (χ2v) is 5.77. The zero-order valence-corrected chi connectivity index (χ0v) is 13.7. The highest BCUT2D eigenvalue weighted by Gasteiger charge is 2.21. The highest BCUT2D eigenvalue weighted by atomic mass is 16.5. The molecular weight excluding hydrogens is 278 g/mol. The Hall–Kier alpha value is -1.52. The van der Waals surface area contributed by atoms with Gasteiger partial charge < -0.3 is 14.2 Å². The van der Waals surface area contributed by atoms with Crippen LogP contribution in [0.3, 0.4) is 0 Å². The van der Waals surface area contributed by atoms with E-state index in [4.69, 9.17) is 14.2 Å². The van der Waals surface area contributed by atoms with Gasteiger partial charge in [0, 0.05) is 19.6 Å². The molecule has 0 amide bonds. The summed E-state index contributed by atoms with van der Waals surface area (Å²) >= 11 is 0. The van der Waals surface area contributed by atoms with Crippen LogP contribution in [0, 0.1) is 0 Å². The Kier molecular flexibility index (Phi) is 6.74. The molecule has 0 aliphatic carbocycles. The van der Waals surface area contributed by atoms with E-state index in [0.717, 1.165) is 37.6 Å². The molecule has 1 saturated heterocycles. The molecule has 1 fully saturated rings. The molecule has 2 rings (SSSR count). The molecule has 1 aliphatic heterocycles. The molecule has 22 heavy (non-hydrogen) atoms. The van der Waals surface area contributed by atoms with Crippen molar-refractivity contribution in [1.82, 2.24) is 4.90 Å². The van der Waals surface area contributed by atoms with Crippen LogP contribution < -0.4 is 9.47 Å². The summed E-state index contributed by atoms with van der Waals surface area (Å²) in [5.41, 5.74) is 0. The Bertz CT molecular complexity index is 453. The van der Waals surface area contributed by atoms with Crippen LogP contribution in [0.15, 0.2) is 36.9 Å². The lowest BCUT2D eigenvalue weighted by molar-refractivity contribution is -0.0686. The van der Waals surface area contributed by atoms with E-state index in [-0.39, 0.29) is 0 Å². The van der Waals surface area contributed by atoms with E-state index >= 15 is 0 Å². The van der Waals surface area contributed by atoms with Gasteiger partial charge in [-0.25, -0.2) is 0 Å². The van der Waals surface area contributed by atoms with Gasteiger partial charge >= 0.3 is 0 Å². The maximum Gasteiger partial charge on any atom is 0.161 e. The van der Waals surface area contributed by atoms with Crippen molar-refractivity contribution in [2.45, 2.75) is 32.5 Å². The van der Waals surface area contributed by atoms with Gasteiger partial charge in [0.2, 0.25) is 0 Å². The number of nitrogens with zero attached hydrogens (tertiary/aromatic N) is 1. The minimum atomic E-state index is 0.317. The second kappa shape index (κ2) is 8.81. The second-order valence-electron chi connectivity index (χ2n) is 5.77. The summed E-state index contributed by atoms with van der Waals surface area (Å²) in [6.07, 6.45) is 3.36. The molecule has 1 aromatic carbocycles. The molecule has 0 N–H and O–H groups in total. The van der Waals surface area contributed by atoms with Gasteiger partial charge in [-0.2, -0.15) is 0 Å². The molecule has 122 valence electrons. The third kappa shape index (κ3) is 5.35. The predicted octanol–water partition coefficient (Wildman–Crippen LogP) is 3.13. The summed E-state index contributed by atoms with van der Waals surface area (Å²) in [4.78, 5) is 2.45. The summed E-state index contributed by atoms with van der Waals surface area (Å²) in [6, 6.07) is 7.77. The normalized spacial score (nSPS) is 22.3. The topological polar surface area (TPSA) is 30.9 Å². The molecule has 0 aromatic heterocycles. The predicted molar refractivity (Wildman–Crippen MR) is 88.7 cm³/mol. The van der Waals surface area contributed by atoms with Crippen LogP contribution in [-0.4, -0.2) is 50.0 Å². The lowest BCUT2D eigenvalue weighted by Gasteiger charge is -2.35. The highest BCUT2D eigenvalue weighted by Crippen LogP contribution is 2.26. The standard InChI is InChI=1S/C18H27NO3/c1-4-11-20-17-8-5-6-9-18(17)21-12-7-10-19-13-15(2)22-16(3)14-19/h4-6,8-9,15-16H,1,7,10-14H2,2-3H3. The first-order valence-corrected chi connectivity index (χ1v) is 8.02. The number of hydrogen-bond acceptors (Lipinski definition) is 4. The molecule has 0 radical (unpaired) electrons. The van der Waals surface area contributed by atoms with Gasteiger partial charge in [0.25, 0.3) is 0 Å². The molecule has 0 spiro atoms. The number of rotatable bonds is 8. The van der Waals surface area contributed by atoms with Crippen molar-refractivity contribution in [2.24, 2.45) is 0 Å². The number of benzene rings is 1. The third-order valence-corrected chi connectivity index (χ3v) is 3.58. The summed E-state index contributed by atoms with van der Waals surface area (Å²) in [5.74, 6) is 1.57. The molecule has 2 unspecified atom stereocenters. The molecule has 4 nitrogen and oxygen atoms in total. The van der Waals surface area contributed by atoms with E-state index in [1.165, 1.54) is 0 Å². The molecule has 1 aliphatic rings. The maximum absolute atomic E-state index is 5.86. The largest absolute Gasteiger partial charge is 0.490 e. The summed E-state index contributed by atoms with van der Waals surface area (Å²) < 4.78 is 17.2. The van der Waals surface area contributed by atoms with Crippen LogP contribution in [0.5, 0.6) is 11.5 Å². The van der Waals surface area contributed by atoms with Crippen molar-refractivity contribution in [3.8, 4) is 11.5 Å². The van der Waals surface area contributed by atoms with E-state index < -0.39 is 0 Å². The zero-order valence-electron chi connectivity index (χ0n) is 13.7. The smallest absolute Gasteiger partial charge is 0.161 e. The number of ether oxygens (including phenoxy) is 3. The lowest BCUT2D eigenvalue weighted by atomic mass is 10.2. The van der Waals surface area contributed by atoms with Crippen LogP contribution in [0.4, 0.5) is 0 Å². The molecule has 2 atom stereocenters. The van der Waals surface area contributed by atoms with E-state index in [1.807, 2.05) is 24.3 Å². The Labute approximate surface area is 133 Å². The van der Waals surface area contributed by atoms with Gasteiger partial charge in [0.15, 0.2) is 11.5 Å². The molecule has 1 heterocycles. The molecule has 0 saturated carbocycles. The number of hydrogen-bond donors (Lipinski definition) is 0. The molecule has 1 aromatic rings. The van der Waals surface area contributed by atoms with Gasteiger partial charge in [0.05, 0.1) is 18.8 Å². The maximum atomic E-state index is 5.86. The van der Waals surface area contributed by atoms with Crippen LogP contribution in [-0.2, 0) is 4.74 Å². The van der Waals surface area contributed by atoms with Crippen molar-refractivity contribution < 1.29 is 14.2 Å². The van der Waals surface area contributed by atoms with E-state index in [1.54, 1.807) is 6.08 Å². The zero-order chi connectivity index (χ0) is 15.8. The first-order valence-electron chi connectivity index (χ1n) is 8.02. The van der Waals surface area contributed by atoms with Crippen molar-refractivity contribution in [3.05, 3.63) is 36.9 Å². The lowest BCUT2D eigenvalue weighted by Crippen LogP contribution is -2.45. The Morgan fingerprint density at radius 2 is 1.82 bits per heavy atom. The molecule has 4 heteroatoms. The average Bonchev–Trinajstić information content (AvgIpc) is 2.49. The highest BCUT2D eigenvalue weighted by molar-refractivity contribution is 5.39. The van der Waals surface area contributed by atoms with Crippen molar-refractivity contribution in [1.29, 1.82) is 0 Å². The Balaban J connectivity index is 1.73. The minimum Gasteiger partial charge on any atom is -0.490 e. The van der Waals surface area contributed by atoms with Gasteiger partial charge in [-0.05, 0) is 32.4 Å². The first kappa shape index (κ1) is 16.8. The molecular formula is C18H27NO3. The van der Waals surface area contributed by atoms with Gasteiger partial charge in [-0.3, -0.25) is 4.90 Å². The van der Waals surface area contributed by atoms with Gasteiger partial charge in [-0.15, -0.1) is 0 Å². The van der Waals surface area contributed by atoms with Crippen molar-refractivity contribution >= 4 is 0 Å². The average molecular weight is 305 g/mol. The van der Waals surface area contributed by atoms with Crippen molar-refractivity contribution in [2.75, 3.05) is 32.8 Å². The van der Waals surface area contributed by atoms with E-state index in [2.05, 4.69) is 25.3 Å². The van der Waals surface area contributed by atoms with Gasteiger partial charge in [0.1, 0.15) is 6.61 Å². The van der Waals surface area contributed by atoms with Crippen LogP contribution >= 0.6 is 0 Å². The van der Waals surface area contributed by atoms with Crippen LogP contribution in [0.25, 0.3) is 0 Å². The fourth-order valence-corrected chi connectivity index (χ4v) is 2.77. The quantitative estimate of drug-likeness (QED) is 0.545. The molecule has 0 bridgehead atoms. The monoisotopic (exact) mass is 305 g/mol. The number of para-hydroxylation sites is 2. The number of morpholine rings is 1. The Morgan fingerprint density at radius 3 is 2.45 bits per heavy atom. The van der Waals surface area contributed by atoms with E-state index in [9.17, 15) is 0 Å².